The van der Waals surface area contributed by atoms with E-state index < -0.39 is 0 Å². The number of ketones is 1. The number of hydrogen-bond acceptors (Lipinski definition) is 10. The number of likely N-dealkylation sites (N-methyl/N-ethyl adjacent to an activating group) is 1. The Morgan fingerprint density at radius 1 is 0.933 bits per heavy atom. The van der Waals surface area contributed by atoms with E-state index in [-0.39, 0.29) is 30.4 Å². The molecule has 45 heavy (non-hydrogen) atoms. The minimum atomic E-state index is -0.380. The molecule has 2 amide bonds. The summed E-state index contributed by atoms with van der Waals surface area (Å²) in [6, 6.07) is 10.8. The van der Waals surface area contributed by atoms with Crippen LogP contribution in [-0.4, -0.2) is 95.2 Å². The van der Waals surface area contributed by atoms with Gasteiger partial charge in [-0.2, -0.15) is 4.98 Å². The first-order valence-corrected chi connectivity index (χ1v) is 15.4. The lowest BCUT2D eigenvalue weighted by Crippen LogP contribution is -2.44. The molecule has 1 aliphatic rings. The fraction of sp³-hybridized carbons (Fsp3) is 0.394. The molecule has 0 spiro atoms. The van der Waals surface area contributed by atoms with E-state index >= 15 is 0 Å². The molecule has 238 valence electrons. The molecule has 3 aromatic rings. The van der Waals surface area contributed by atoms with Crippen molar-refractivity contribution in [3.8, 4) is 0 Å². The normalized spacial score (nSPS) is 13.8. The minimum absolute atomic E-state index is 0.0704. The van der Waals surface area contributed by atoms with Crippen LogP contribution in [0.15, 0.2) is 67.1 Å². The molecule has 0 atom stereocenters. The van der Waals surface area contributed by atoms with Crippen molar-refractivity contribution in [3.05, 3.63) is 78.3 Å². The van der Waals surface area contributed by atoms with Gasteiger partial charge in [0, 0.05) is 88.6 Å². The topological polar surface area (TPSA) is 144 Å². The molecular weight excluding hydrogens is 570 g/mol. The number of allylic oxidation sites excluding steroid dienone is 1. The summed E-state index contributed by atoms with van der Waals surface area (Å²) in [5.74, 6) is 0.125. The lowest BCUT2D eigenvalue weighted by Gasteiger charge is -2.31. The molecule has 12 heteroatoms. The second-order valence-electron chi connectivity index (χ2n) is 11.0. The molecular formula is C33H43N9O3. The number of carbonyl (C=O) groups is 3. The van der Waals surface area contributed by atoms with Crippen LogP contribution >= 0.6 is 0 Å². The lowest BCUT2D eigenvalue weighted by atomic mass is 10.2. The first-order valence-electron chi connectivity index (χ1n) is 15.4. The third kappa shape index (κ3) is 11.4. The van der Waals surface area contributed by atoms with Crippen LogP contribution in [0.4, 0.5) is 23.1 Å². The maximum atomic E-state index is 13.2. The Hall–Kier alpha value is -4.68. The van der Waals surface area contributed by atoms with Gasteiger partial charge in [0.25, 0.3) is 5.91 Å². The van der Waals surface area contributed by atoms with Crippen LogP contribution in [0.2, 0.25) is 0 Å². The number of piperazine rings is 1. The van der Waals surface area contributed by atoms with Gasteiger partial charge in [-0.15, -0.1) is 0 Å². The van der Waals surface area contributed by atoms with Crippen LogP contribution in [0.5, 0.6) is 0 Å². The van der Waals surface area contributed by atoms with E-state index in [0.29, 0.717) is 41.8 Å². The third-order valence-electron chi connectivity index (χ3n) is 7.29. The number of anilines is 4. The third-order valence-corrected chi connectivity index (χ3v) is 7.29. The Kier molecular flexibility index (Phi) is 13.0. The summed E-state index contributed by atoms with van der Waals surface area (Å²) in [7, 11) is 2.11. The van der Waals surface area contributed by atoms with Crippen LogP contribution < -0.4 is 21.3 Å². The van der Waals surface area contributed by atoms with Gasteiger partial charge >= 0.3 is 0 Å². The van der Waals surface area contributed by atoms with E-state index in [2.05, 4.69) is 53.1 Å². The van der Waals surface area contributed by atoms with E-state index in [1.54, 1.807) is 42.7 Å². The Morgan fingerprint density at radius 3 is 2.44 bits per heavy atom. The number of benzene rings is 1. The monoisotopic (exact) mass is 613 g/mol. The molecule has 1 saturated heterocycles. The highest BCUT2D eigenvalue weighted by atomic mass is 16.2. The molecule has 2 aromatic heterocycles. The molecule has 0 aliphatic carbocycles. The Balaban J connectivity index is 1.27. The van der Waals surface area contributed by atoms with Gasteiger partial charge in [-0.1, -0.05) is 19.1 Å². The van der Waals surface area contributed by atoms with Crippen LogP contribution in [-0.2, 0) is 16.0 Å². The van der Waals surface area contributed by atoms with Gasteiger partial charge < -0.3 is 26.2 Å². The van der Waals surface area contributed by atoms with Crippen molar-refractivity contribution in [1.29, 1.82) is 0 Å². The highest BCUT2D eigenvalue weighted by molar-refractivity contribution is 6.07. The van der Waals surface area contributed by atoms with Crippen molar-refractivity contribution in [1.82, 2.24) is 24.8 Å². The highest BCUT2D eigenvalue weighted by Gasteiger charge is 2.16. The van der Waals surface area contributed by atoms with Gasteiger partial charge in [0.1, 0.15) is 11.4 Å². The molecule has 4 N–H and O–H groups in total. The minimum Gasteiger partial charge on any atom is -0.369 e. The molecule has 0 saturated carbocycles. The summed E-state index contributed by atoms with van der Waals surface area (Å²) in [5.41, 5.74) is 2.47. The fourth-order valence-corrected chi connectivity index (χ4v) is 4.66. The summed E-state index contributed by atoms with van der Waals surface area (Å²) in [5, 5.41) is 12.1. The highest BCUT2D eigenvalue weighted by Crippen LogP contribution is 2.20. The maximum Gasteiger partial charge on any atom is 0.260 e. The molecule has 12 nitrogen and oxygen atoms in total. The van der Waals surface area contributed by atoms with Crippen molar-refractivity contribution >= 4 is 40.7 Å². The van der Waals surface area contributed by atoms with Gasteiger partial charge in [-0.3, -0.25) is 24.3 Å². The molecule has 0 bridgehead atoms. The van der Waals surface area contributed by atoms with Crippen LogP contribution in [0.3, 0.4) is 0 Å². The van der Waals surface area contributed by atoms with Crippen molar-refractivity contribution in [2.24, 2.45) is 0 Å². The summed E-state index contributed by atoms with van der Waals surface area (Å²) in [6.45, 7) is 8.06. The summed E-state index contributed by atoms with van der Waals surface area (Å²) >= 11 is 0. The van der Waals surface area contributed by atoms with Gasteiger partial charge in [0.2, 0.25) is 11.9 Å². The Labute approximate surface area is 264 Å². The summed E-state index contributed by atoms with van der Waals surface area (Å²) in [4.78, 5) is 55.5. The first-order chi connectivity index (χ1) is 21.9. The second kappa shape index (κ2) is 17.6. The molecule has 1 aromatic carbocycles. The van der Waals surface area contributed by atoms with Crippen molar-refractivity contribution in [2.75, 3.05) is 74.1 Å². The average molecular weight is 614 g/mol. The lowest BCUT2D eigenvalue weighted by molar-refractivity contribution is -0.120. The molecule has 1 aliphatic heterocycles. The van der Waals surface area contributed by atoms with Crippen molar-refractivity contribution < 1.29 is 14.4 Å². The number of aromatic nitrogens is 3. The predicted molar refractivity (Wildman–Crippen MR) is 178 cm³/mol. The van der Waals surface area contributed by atoms with Gasteiger partial charge in [0.15, 0.2) is 5.78 Å². The molecule has 0 unspecified atom stereocenters. The number of nitrogens with one attached hydrogen (secondary N) is 4. The number of pyridine rings is 1. The first kappa shape index (κ1) is 33.2. The van der Waals surface area contributed by atoms with Gasteiger partial charge in [-0.05, 0) is 61.9 Å². The average Bonchev–Trinajstić information content (AvgIpc) is 3.04. The fourth-order valence-electron chi connectivity index (χ4n) is 4.66. The van der Waals surface area contributed by atoms with E-state index in [1.165, 1.54) is 6.20 Å². The predicted octanol–water partition coefficient (Wildman–Crippen LogP) is 3.69. The second-order valence-corrected chi connectivity index (χ2v) is 11.0. The van der Waals surface area contributed by atoms with Crippen LogP contribution in [0, 0.1) is 0 Å². The van der Waals surface area contributed by atoms with Gasteiger partial charge in [-0.25, -0.2) is 4.98 Å². The number of amides is 2. The van der Waals surface area contributed by atoms with E-state index in [4.69, 9.17) is 0 Å². The van der Waals surface area contributed by atoms with Crippen molar-refractivity contribution in [2.45, 2.75) is 32.6 Å². The zero-order valence-electron chi connectivity index (χ0n) is 26.1. The Morgan fingerprint density at radius 2 is 1.69 bits per heavy atom. The van der Waals surface area contributed by atoms with E-state index in [0.717, 1.165) is 51.1 Å². The van der Waals surface area contributed by atoms with Crippen molar-refractivity contribution in [3.63, 3.8) is 0 Å². The van der Waals surface area contributed by atoms with E-state index in [9.17, 15) is 14.4 Å². The SMILES string of the molecule is CCCNc1nc(NCCc2ccncc2)ncc1C(=O)Nc1cccc(NC(=O)CCC(=O)/C=C/CN2CCN(C)CC2)c1. The quantitative estimate of drug-likeness (QED) is 0.177. The summed E-state index contributed by atoms with van der Waals surface area (Å²) < 4.78 is 0. The zero-order chi connectivity index (χ0) is 31.9. The smallest absolute Gasteiger partial charge is 0.260 e. The maximum absolute atomic E-state index is 13.2. The number of nitrogens with zero attached hydrogens (tertiary/aromatic N) is 5. The van der Waals surface area contributed by atoms with Crippen LogP contribution in [0.25, 0.3) is 0 Å². The molecule has 4 rings (SSSR count). The standard InChI is InChI=1S/C33H43N9O3/c1-3-14-35-31-29(24-37-33(40-31)36-17-13-25-11-15-34-16-12-25)32(45)39-27-7-4-6-26(23-27)38-30(44)10-9-28(43)8-5-18-42-21-19-41(2)20-22-42/h4-8,11-12,15-16,23-24H,3,9-10,13-14,17-22H2,1-2H3,(H,38,44)(H,39,45)(H2,35,36,37,40)/b8-5+. The molecule has 3 heterocycles. The number of carbonyl (C=O) groups excluding carboxylic acids is 3. The van der Waals surface area contributed by atoms with Crippen LogP contribution in [0.1, 0.15) is 42.1 Å². The zero-order valence-corrected chi connectivity index (χ0v) is 26.1. The summed E-state index contributed by atoms with van der Waals surface area (Å²) in [6.07, 6.45) is 10.3. The van der Waals surface area contributed by atoms with Gasteiger partial charge in [0.05, 0.1) is 0 Å². The number of hydrogen-bond donors (Lipinski definition) is 4. The van der Waals surface area contributed by atoms with E-state index in [1.807, 2.05) is 25.1 Å². The Bertz CT molecular complexity index is 1440. The largest absolute Gasteiger partial charge is 0.369 e. The number of rotatable bonds is 16. The molecule has 0 radical (unpaired) electrons. The molecule has 1 fully saturated rings.